The molecule has 0 aliphatic carbocycles. The Balaban J connectivity index is 2.34. The Morgan fingerprint density at radius 2 is 2.14 bits per heavy atom. The molecule has 0 saturated carbocycles. The Bertz CT molecular complexity index is 371. The summed E-state index contributed by atoms with van der Waals surface area (Å²) in [5, 5.41) is 17.8. The highest BCUT2D eigenvalue weighted by molar-refractivity contribution is 5.92. The van der Waals surface area contributed by atoms with Crippen molar-refractivity contribution in [3.8, 4) is 0 Å². The molecule has 0 radical (unpaired) electrons. The van der Waals surface area contributed by atoms with E-state index in [1.54, 1.807) is 17.1 Å². The molecule has 1 unspecified atom stereocenters. The second-order valence-corrected chi connectivity index (χ2v) is 3.42. The lowest BCUT2D eigenvalue weighted by atomic mass is 9.95. The van der Waals surface area contributed by atoms with Crippen molar-refractivity contribution in [2.45, 2.75) is 12.0 Å². The van der Waals surface area contributed by atoms with Crippen LogP contribution in [0.3, 0.4) is 0 Å². The van der Waals surface area contributed by atoms with Crippen molar-refractivity contribution in [1.82, 2.24) is 4.90 Å². The van der Waals surface area contributed by atoms with E-state index in [0.717, 1.165) is 0 Å². The minimum Gasteiger partial charge on any atom is -0.479 e. The van der Waals surface area contributed by atoms with Crippen molar-refractivity contribution >= 4 is 11.9 Å². The summed E-state index contributed by atoms with van der Waals surface area (Å²) in [7, 11) is 0. The van der Waals surface area contributed by atoms with E-state index in [1.807, 2.05) is 0 Å². The zero-order valence-electron chi connectivity index (χ0n) is 7.30. The zero-order chi connectivity index (χ0) is 10.3. The monoisotopic (exact) mass is 195 g/mol. The van der Waals surface area contributed by atoms with Crippen LogP contribution in [0.2, 0.25) is 0 Å². The first-order valence-electron chi connectivity index (χ1n) is 4.18. The van der Waals surface area contributed by atoms with Crippen molar-refractivity contribution < 1.29 is 19.8 Å². The van der Waals surface area contributed by atoms with Crippen LogP contribution >= 0.6 is 0 Å². The highest BCUT2D eigenvalue weighted by Crippen LogP contribution is 2.36. The third kappa shape index (κ3) is 0.951. The van der Waals surface area contributed by atoms with Crippen molar-refractivity contribution in [2.75, 3.05) is 6.54 Å². The van der Waals surface area contributed by atoms with Gasteiger partial charge in [0.05, 0.1) is 5.57 Å². The van der Waals surface area contributed by atoms with Crippen LogP contribution in [0.15, 0.2) is 23.9 Å². The van der Waals surface area contributed by atoms with Gasteiger partial charge in [-0.2, -0.15) is 0 Å². The highest BCUT2D eigenvalue weighted by Gasteiger charge is 2.48. The number of nitrogens with zero attached hydrogens (tertiary/aromatic N) is 1. The van der Waals surface area contributed by atoms with Gasteiger partial charge < -0.3 is 15.1 Å². The summed E-state index contributed by atoms with van der Waals surface area (Å²) < 4.78 is 0. The predicted molar refractivity (Wildman–Crippen MR) is 46.5 cm³/mol. The molecule has 2 heterocycles. The average molecular weight is 195 g/mol. The summed E-state index contributed by atoms with van der Waals surface area (Å²) in [4.78, 5) is 23.3. The van der Waals surface area contributed by atoms with E-state index >= 15 is 0 Å². The maximum Gasteiger partial charge on any atom is 0.333 e. The molecule has 0 fully saturated rings. The van der Waals surface area contributed by atoms with Crippen LogP contribution in [0.4, 0.5) is 0 Å². The maximum absolute atomic E-state index is 11.1. The molecular formula is C9H9NO4. The molecule has 0 spiro atoms. The highest BCUT2D eigenvalue weighted by atomic mass is 16.4. The molecule has 2 rings (SSSR count). The van der Waals surface area contributed by atoms with Crippen molar-refractivity contribution in [1.29, 1.82) is 0 Å². The van der Waals surface area contributed by atoms with Crippen molar-refractivity contribution in [3.63, 3.8) is 0 Å². The minimum atomic E-state index is -1.15. The van der Waals surface area contributed by atoms with Crippen LogP contribution in [0.5, 0.6) is 0 Å². The van der Waals surface area contributed by atoms with Crippen LogP contribution in [-0.4, -0.2) is 39.1 Å². The van der Waals surface area contributed by atoms with E-state index in [-0.39, 0.29) is 12.0 Å². The van der Waals surface area contributed by atoms with E-state index in [9.17, 15) is 9.59 Å². The molecule has 74 valence electrons. The van der Waals surface area contributed by atoms with Crippen LogP contribution in [0.1, 0.15) is 6.42 Å². The number of fused-ring (bicyclic) bond motifs is 1. The summed E-state index contributed by atoms with van der Waals surface area (Å²) in [5.74, 6) is -2.05. The van der Waals surface area contributed by atoms with Gasteiger partial charge in [0.15, 0.2) is 5.54 Å². The average Bonchev–Trinajstić information content (AvgIpc) is 2.57. The van der Waals surface area contributed by atoms with Crippen LogP contribution in [0.25, 0.3) is 0 Å². The fraction of sp³-hybridized carbons (Fsp3) is 0.333. The molecule has 0 aromatic rings. The third-order valence-electron chi connectivity index (χ3n) is 2.62. The molecule has 2 aliphatic rings. The molecule has 0 aromatic carbocycles. The molecule has 5 nitrogen and oxygen atoms in total. The summed E-state index contributed by atoms with van der Waals surface area (Å²) in [5.41, 5.74) is -0.995. The fourth-order valence-electron chi connectivity index (χ4n) is 1.87. The molecule has 0 aromatic heterocycles. The van der Waals surface area contributed by atoms with Gasteiger partial charge in [-0.1, -0.05) is 6.08 Å². The molecule has 5 heteroatoms. The first kappa shape index (κ1) is 8.80. The lowest BCUT2D eigenvalue weighted by Gasteiger charge is -2.27. The van der Waals surface area contributed by atoms with Gasteiger partial charge in [-0.3, -0.25) is 0 Å². The number of hydrogen-bond acceptors (Lipinski definition) is 3. The first-order chi connectivity index (χ1) is 6.56. The minimum absolute atomic E-state index is 0.0359. The fourth-order valence-corrected chi connectivity index (χ4v) is 1.87. The van der Waals surface area contributed by atoms with E-state index in [0.29, 0.717) is 6.54 Å². The molecule has 1 atom stereocenters. The number of aliphatic carboxylic acids is 2. The van der Waals surface area contributed by atoms with Crippen LogP contribution in [-0.2, 0) is 9.59 Å². The molecule has 0 bridgehead atoms. The summed E-state index contributed by atoms with van der Waals surface area (Å²) >= 11 is 0. The predicted octanol–water partition coefficient (Wildman–Crippen LogP) is 0.0538. The van der Waals surface area contributed by atoms with Gasteiger partial charge >= 0.3 is 11.9 Å². The van der Waals surface area contributed by atoms with Gasteiger partial charge in [-0.15, -0.1) is 0 Å². The Hall–Kier alpha value is -1.78. The van der Waals surface area contributed by atoms with Crippen LogP contribution < -0.4 is 0 Å². The number of hydrogen-bond donors (Lipinski definition) is 2. The van der Waals surface area contributed by atoms with Gasteiger partial charge in [0.2, 0.25) is 0 Å². The second kappa shape index (κ2) is 2.60. The standard InChI is InChI=1S/C9H9NO4/c11-7(12)6-4-9(8(13)14)2-1-3-10(9)5-6/h1-2,5H,3-4H2,(H,11,12)(H,13,14). The third-order valence-corrected chi connectivity index (χ3v) is 2.62. The molecule has 0 amide bonds. The Morgan fingerprint density at radius 3 is 2.64 bits per heavy atom. The topological polar surface area (TPSA) is 77.8 Å². The summed E-state index contributed by atoms with van der Waals surface area (Å²) in [6.45, 7) is 0.461. The van der Waals surface area contributed by atoms with Crippen molar-refractivity contribution in [3.05, 3.63) is 23.9 Å². The lowest BCUT2D eigenvalue weighted by molar-refractivity contribution is -0.145. The van der Waals surface area contributed by atoms with Gasteiger partial charge in [0.1, 0.15) is 0 Å². The molecule has 0 saturated heterocycles. The quantitative estimate of drug-likeness (QED) is 0.609. The SMILES string of the molecule is O=C(O)C1=CN2CC=CC2(C(=O)O)C1. The molecule has 2 N–H and O–H groups in total. The smallest absolute Gasteiger partial charge is 0.333 e. The van der Waals surface area contributed by atoms with E-state index < -0.39 is 17.5 Å². The Morgan fingerprint density at radius 1 is 1.43 bits per heavy atom. The second-order valence-electron chi connectivity index (χ2n) is 3.42. The van der Waals surface area contributed by atoms with Gasteiger partial charge in [0.25, 0.3) is 0 Å². The van der Waals surface area contributed by atoms with E-state index in [1.165, 1.54) is 6.20 Å². The van der Waals surface area contributed by atoms with Gasteiger partial charge in [-0.05, 0) is 6.08 Å². The number of carbonyl (C=O) groups is 2. The zero-order valence-corrected chi connectivity index (χ0v) is 7.30. The Labute approximate surface area is 79.9 Å². The first-order valence-corrected chi connectivity index (χ1v) is 4.18. The van der Waals surface area contributed by atoms with Crippen LogP contribution in [0, 0.1) is 0 Å². The largest absolute Gasteiger partial charge is 0.479 e. The number of carboxylic acids is 2. The van der Waals surface area contributed by atoms with Gasteiger partial charge in [0, 0.05) is 19.2 Å². The number of carboxylic acid groups (broad SMARTS) is 2. The molecule has 2 aliphatic heterocycles. The van der Waals surface area contributed by atoms with Gasteiger partial charge in [-0.25, -0.2) is 9.59 Å². The normalized spacial score (nSPS) is 28.9. The maximum atomic E-state index is 11.1. The lowest BCUT2D eigenvalue weighted by Crippen LogP contribution is -2.44. The van der Waals surface area contributed by atoms with E-state index in [2.05, 4.69) is 0 Å². The van der Waals surface area contributed by atoms with Crippen molar-refractivity contribution in [2.24, 2.45) is 0 Å². The van der Waals surface area contributed by atoms with E-state index in [4.69, 9.17) is 10.2 Å². The molecule has 14 heavy (non-hydrogen) atoms. The number of rotatable bonds is 2. The summed E-state index contributed by atoms with van der Waals surface area (Å²) in [6.07, 6.45) is 4.75. The summed E-state index contributed by atoms with van der Waals surface area (Å²) in [6, 6.07) is 0. The molecular weight excluding hydrogens is 186 g/mol. The Kier molecular flexibility index (Phi) is 1.64.